The number of aromatic nitrogens is 3. The molecule has 22 heavy (non-hydrogen) atoms. The van der Waals surface area contributed by atoms with Crippen LogP contribution in [0, 0.1) is 0 Å². The summed E-state index contributed by atoms with van der Waals surface area (Å²) in [6.45, 7) is 0.359. The molecule has 0 aliphatic rings. The number of rotatable bonds is 5. The first kappa shape index (κ1) is 14.3. The molecule has 3 heterocycles. The molecule has 0 aromatic carbocycles. The van der Waals surface area contributed by atoms with E-state index in [0.717, 1.165) is 22.5 Å². The first-order valence-corrected chi connectivity index (χ1v) is 7.75. The van der Waals surface area contributed by atoms with E-state index < -0.39 is 0 Å². The molecule has 5 nitrogen and oxygen atoms in total. The van der Waals surface area contributed by atoms with Crippen LogP contribution in [0.4, 0.5) is 0 Å². The molecule has 0 aliphatic carbocycles. The Hall–Kier alpha value is -2.60. The van der Waals surface area contributed by atoms with Crippen LogP contribution in [-0.4, -0.2) is 20.9 Å². The first-order valence-electron chi connectivity index (χ1n) is 6.81. The van der Waals surface area contributed by atoms with Gasteiger partial charge in [0.25, 0.3) is 0 Å². The Kier molecular flexibility index (Phi) is 4.50. The van der Waals surface area contributed by atoms with Gasteiger partial charge in [0.15, 0.2) is 0 Å². The van der Waals surface area contributed by atoms with Crippen molar-refractivity contribution in [3.63, 3.8) is 0 Å². The average Bonchev–Trinajstić information content (AvgIpc) is 3.08. The molecule has 3 rings (SSSR count). The Morgan fingerprint density at radius 2 is 2.09 bits per heavy atom. The van der Waals surface area contributed by atoms with Crippen molar-refractivity contribution in [1.82, 2.24) is 20.3 Å². The largest absolute Gasteiger partial charge is 0.350 e. The van der Waals surface area contributed by atoms with E-state index in [1.165, 1.54) is 0 Å². The zero-order chi connectivity index (χ0) is 15.2. The van der Waals surface area contributed by atoms with Gasteiger partial charge in [0.1, 0.15) is 0 Å². The molecule has 0 aliphatic heterocycles. The number of amides is 1. The number of carbonyl (C=O) groups is 1. The molecule has 0 fully saturated rings. The van der Waals surface area contributed by atoms with Gasteiger partial charge in [-0.1, -0.05) is 6.07 Å². The monoisotopic (exact) mass is 310 g/mol. The van der Waals surface area contributed by atoms with E-state index in [2.05, 4.69) is 20.3 Å². The van der Waals surface area contributed by atoms with Crippen molar-refractivity contribution >= 4 is 17.2 Å². The summed E-state index contributed by atoms with van der Waals surface area (Å²) >= 11 is 1.61. The van der Waals surface area contributed by atoms with Crippen molar-refractivity contribution < 1.29 is 4.79 Å². The summed E-state index contributed by atoms with van der Waals surface area (Å²) in [7, 11) is 0. The van der Waals surface area contributed by atoms with Gasteiger partial charge in [0, 0.05) is 35.7 Å². The highest BCUT2D eigenvalue weighted by atomic mass is 32.1. The van der Waals surface area contributed by atoms with Crippen LogP contribution in [-0.2, 0) is 17.8 Å². The lowest BCUT2D eigenvalue weighted by atomic mass is 10.1. The lowest BCUT2D eigenvalue weighted by Crippen LogP contribution is -2.25. The Morgan fingerprint density at radius 1 is 1.18 bits per heavy atom. The molecule has 3 aromatic rings. The predicted octanol–water partition coefficient (Wildman–Crippen LogP) is 2.46. The molecule has 0 saturated carbocycles. The number of nitrogens with zero attached hydrogens (tertiary/aromatic N) is 3. The van der Waals surface area contributed by atoms with E-state index in [1.54, 1.807) is 36.1 Å². The van der Waals surface area contributed by atoms with Gasteiger partial charge in [-0.05, 0) is 23.1 Å². The second-order valence-corrected chi connectivity index (χ2v) is 5.46. The summed E-state index contributed by atoms with van der Waals surface area (Å²) < 4.78 is 0. The van der Waals surface area contributed by atoms with Crippen molar-refractivity contribution in [1.29, 1.82) is 0 Å². The highest BCUT2D eigenvalue weighted by molar-refractivity contribution is 7.08. The van der Waals surface area contributed by atoms with Crippen molar-refractivity contribution in [3.8, 4) is 11.3 Å². The highest BCUT2D eigenvalue weighted by Gasteiger charge is 2.10. The number of hydrogen-bond acceptors (Lipinski definition) is 5. The Morgan fingerprint density at radius 3 is 2.86 bits per heavy atom. The van der Waals surface area contributed by atoms with E-state index in [0.29, 0.717) is 13.0 Å². The quantitative estimate of drug-likeness (QED) is 0.786. The van der Waals surface area contributed by atoms with Gasteiger partial charge in [-0.3, -0.25) is 19.7 Å². The maximum absolute atomic E-state index is 12.0. The lowest BCUT2D eigenvalue weighted by molar-refractivity contribution is -0.120. The second kappa shape index (κ2) is 6.91. The number of hydrogen-bond donors (Lipinski definition) is 1. The third-order valence-corrected chi connectivity index (χ3v) is 3.79. The van der Waals surface area contributed by atoms with E-state index in [9.17, 15) is 4.79 Å². The van der Waals surface area contributed by atoms with E-state index >= 15 is 0 Å². The summed E-state index contributed by atoms with van der Waals surface area (Å²) in [5, 5.41) is 6.90. The zero-order valence-electron chi connectivity index (χ0n) is 11.8. The molecule has 0 atom stereocenters. The van der Waals surface area contributed by atoms with Crippen molar-refractivity contribution in [2.75, 3.05) is 0 Å². The zero-order valence-corrected chi connectivity index (χ0v) is 12.6. The summed E-state index contributed by atoms with van der Waals surface area (Å²) in [5.74, 6) is -0.0603. The smallest absolute Gasteiger partial charge is 0.224 e. The standard InChI is InChI=1S/C16H14N4OS/c21-15(8-12-2-1-4-17-9-12)20-10-14-16(19-6-5-18-14)13-3-7-22-11-13/h1-7,9,11H,8,10H2,(H,20,21). The Bertz CT molecular complexity index is 744. The van der Waals surface area contributed by atoms with Gasteiger partial charge in [-0.2, -0.15) is 11.3 Å². The molecular formula is C16H14N4OS. The molecular weight excluding hydrogens is 296 g/mol. The summed E-state index contributed by atoms with van der Waals surface area (Å²) in [5.41, 5.74) is 3.48. The molecule has 0 saturated heterocycles. The van der Waals surface area contributed by atoms with Crippen LogP contribution in [0.5, 0.6) is 0 Å². The normalized spacial score (nSPS) is 10.4. The van der Waals surface area contributed by atoms with E-state index in [-0.39, 0.29) is 5.91 Å². The average molecular weight is 310 g/mol. The van der Waals surface area contributed by atoms with Crippen molar-refractivity contribution in [3.05, 3.63) is 65.0 Å². The molecule has 1 N–H and O–H groups in total. The first-order chi connectivity index (χ1) is 10.8. The molecule has 0 bridgehead atoms. The summed E-state index contributed by atoms with van der Waals surface area (Å²) in [6.07, 6.45) is 6.99. The third-order valence-electron chi connectivity index (χ3n) is 3.11. The minimum atomic E-state index is -0.0603. The van der Waals surface area contributed by atoms with Gasteiger partial charge >= 0.3 is 0 Å². The van der Waals surface area contributed by atoms with Crippen LogP contribution < -0.4 is 5.32 Å². The fourth-order valence-corrected chi connectivity index (χ4v) is 2.71. The Balaban J connectivity index is 1.66. The van der Waals surface area contributed by atoms with Gasteiger partial charge in [0.05, 0.1) is 24.4 Å². The molecule has 3 aromatic heterocycles. The minimum absolute atomic E-state index is 0.0603. The van der Waals surface area contributed by atoms with Crippen LogP contribution in [0.2, 0.25) is 0 Å². The van der Waals surface area contributed by atoms with Crippen LogP contribution in [0.3, 0.4) is 0 Å². The van der Waals surface area contributed by atoms with E-state index in [4.69, 9.17) is 0 Å². The van der Waals surface area contributed by atoms with Crippen LogP contribution in [0.15, 0.2) is 53.7 Å². The van der Waals surface area contributed by atoms with Gasteiger partial charge in [-0.15, -0.1) is 0 Å². The van der Waals surface area contributed by atoms with Gasteiger partial charge in [-0.25, -0.2) is 0 Å². The van der Waals surface area contributed by atoms with E-state index in [1.807, 2.05) is 29.0 Å². The predicted molar refractivity (Wildman–Crippen MR) is 85.1 cm³/mol. The molecule has 6 heteroatoms. The fraction of sp³-hybridized carbons (Fsp3) is 0.125. The maximum Gasteiger partial charge on any atom is 0.224 e. The van der Waals surface area contributed by atoms with Crippen molar-refractivity contribution in [2.45, 2.75) is 13.0 Å². The van der Waals surface area contributed by atoms with Crippen LogP contribution in [0.1, 0.15) is 11.3 Å². The summed E-state index contributed by atoms with van der Waals surface area (Å²) in [4.78, 5) is 24.7. The Labute approximate surface area is 132 Å². The molecule has 110 valence electrons. The third kappa shape index (κ3) is 3.53. The van der Waals surface area contributed by atoms with Gasteiger partial charge in [0.2, 0.25) is 5.91 Å². The van der Waals surface area contributed by atoms with Crippen LogP contribution in [0.25, 0.3) is 11.3 Å². The number of thiophene rings is 1. The topological polar surface area (TPSA) is 67.8 Å². The lowest BCUT2D eigenvalue weighted by Gasteiger charge is -2.08. The fourth-order valence-electron chi connectivity index (χ4n) is 2.07. The summed E-state index contributed by atoms with van der Waals surface area (Å²) in [6, 6.07) is 5.70. The molecule has 1 amide bonds. The number of carbonyl (C=O) groups excluding carboxylic acids is 1. The maximum atomic E-state index is 12.0. The molecule has 0 radical (unpaired) electrons. The number of nitrogens with one attached hydrogen (secondary N) is 1. The van der Waals surface area contributed by atoms with Crippen molar-refractivity contribution in [2.24, 2.45) is 0 Å². The number of pyridine rings is 1. The molecule has 0 spiro atoms. The SMILES string of the molecule is O=C(Cc1cccnc1)NCc1nccnc1-c1ccsc1. The highest BCUT2D eigenvalue weighted by Crippen LogP contribution is 2.22. The molecule has 0 unspecified atom stereocenters. The van der Waals surface area contributed by atoms with Gasteiger partial charge < -0.3 is 5.32 Å². The second-order valence-electron chi connectivity index (χ2n) is 4.68. The van der Waals surface area contributed by atoms with Crippen LogP contribution >= 0.6 is 11.3 Å². The minimum Gasteiger partial charge on any atom is -0.350 e.